The van der Waals surface area contributed by atoms with Gasteiger partial charge in [0.05, 0.1) is 11.1 Å². The molecule has 1 N–H and O–H groups in total. The smallest absolute Gasteiger partial charge is 0.255 e. The molecule has 2 heterocycles. The third-order valence-electron chi connectivity index (χ3n) is 4.84. The van der Waals surface area contributed by atoms with Crippen LogP contribution in [0.1, 0.15) is 57.5 Å². The first-order chi connectivity index (χ1) is 12.6. The van der Waals surface area contributed by atoms with E-state index in [0.717, 1.165) is 37.1 Å². The first-order valence-electron chi connectivity index (χ1n) is 9.22. The number of nitrogens with zero attached hydrogens (tertiary/aromatic N) is 2. The Morgan fingerprint density at radius 1 is 1.04 bits per heavy atom. The zero-order valence-electron chi connectivity index (χ0n) is 15.2. The third-order valence-corrected chi connectivity index (χ3v) is 4.84. The minimum atomic E-state index is -0.216. The van der Waals surface area contributed by atoms with Gasteiger partial charge in [0, 0.05) is 32.0 Å². The number of benzene rings is 1. The minimum Gasteiger partial charge on any atom is -0.348 e. The van der Waals surface area contributed by atoms with Gasteiger partial charge in [-0.15, -0.1) is 0 Å². The number of rotatable bonds is 4. The predicted octanol–water partition coefficient (Wildman–Crippen LogP) is 3.34. The van der Waals surface area contributed by atoms with Crippen molar-refractivity contribution in [2.45, 2.75) is 39.2 Å². The lowest BCUT2D eigenvalue weighted by Gasteiger charge is -2.20. The van der Waals surface area contributed by atoms with Crippen LogP contribution in [0, 0.1) is 6.92 Å². The monoisotopic (exact) mass is 351 g/mol. The van der Waals surface area contributed by atoms with Crippen LogP contribution in [0.15, 0.2) is 42.7 Å². The van der Waals surface area contributed by atoms with Gasteiger partial charge in [-0.2, -0.15) is 0 Å². The second-order valence-corrected chi connectivity index (χ2v) is 6.78. The lowest BCUT2D eigenvalue weighted by molar-refractivity contribution is 0.0761. The lowest BCUT2D eigenvalue weighted by atomic mass is 10.1. The van der Waals surface area contributed by atoms with E-state index in [0.29, 0.717) is 17.7 Å². The van der Waals surface area contributed by atoms with Crippen LogP contribution in [0.4, 0.5) is 0 Å². The summed E-state index contributed by atoms with van der Waals surface area (Å²) < 4.78 is 0. The van der Waals surface area contributed by atoms with Crippen molar-refractivity contribution in [3.8, 4) is 0 Å². The van der Waals surface area contributed by atoms with Crippen molar-refractivity contribution in [2.24, 2.45) is 0 Å². The van der Waals surface area contributed by atoms with E-state index in [4.69, 9.17) is 0 Å². The van der Waals surface area contributed by atoms with E-state index >= 15 is 0 Å². The number of nitrogens with one attached hydrogen (secondary N) is 1. The molecule has 2 amide bonds. The highest BCUT2D eigenvalue weighted by Gasteiger charge is 2.19. The molecule has 0 radical (unpaired) electrons. The molecule has 2 aromatic rings. The topological polar surface area (TPSA) is 62.3 Å². The van der Waals surface area contributed by atoms with Gasteiger partial charge in [-0.05, 0) is 37.0 Å². The average molecular weight is 351 g/mol. The summed E-state index contributed by atoms with van der Waals surface area (Å²) in [5, 5.41) is 2.91. The fourth-order valence-corrected chi connectivity index (χ4v) is 3.22. The number of aryl methyl sites for hydroxylation is 1. The second kappa shape index (κ2) is 8.61. The maximum atomic E-state index is 12.7. The minimum absolute atomic E-state index is 0.0343. The van der Waals surface area contributed by atoms with E-state index in [1.165, 1.54) is 19.0 Å². The van der Waals surface area contributed by atoms with Crippen LogP contribution in [-0.2, 0) is 6.54 Å². The van der Waals surface area contributed by atoms with Crippen LogP contribution in [0.5, 0.6) is 0 Å². The number of amides is 2. The van der Waals surface area contributed by atoms with Gasteiger partial charge in [-0.1, -0.05) is 37.1 Å². The molecule has 1 aliphatic heterocycles. The fourth-order valence-electron chi connectivity index (χ4n) is 3.22. The molecule has 136 valence electrons. The quantitative estimate of drug-likeness (QED) is 0.919. The Bertz CT molecular complexity index is 780. The van der Waals surface area contributed by atoms with Crippen molar-refractivity contribution in [3.63, 3.8) is 0 Å². The first kappa shape index (κ1) is 18.1. The van der Waals surface area contributed by atoms with Crippen molar-refractivity contribution in [1.29, 1.82) is 0 Å². The van der Waals surface area contributed by atoms with Gasteiger partial charge in [-0.25, -0.2) is 0 Å². The van der Waals surface area contributed by atoms with Crippen molar-refractivity contribution in [1.82, 2.24) is 15.2 Å². The number of hydrogen-bond donors (Lipinski definition) is 1. The molecule has 5 heteroatoms. The number of aromatic nitrogens is 1. The van der Waals surface area contributed by atoms with Gasteiger partial charge >= 0.3 is 0 Å². The maximum absolute atomic E-state index is 12.7. The highest BCUT2D eigenvalue weighted by molar-refractivity contribution is 5.99. The second-order valence-electron chi connectivity index (χ2n) is 6.78. The molecule has 0 aliphatic carbocycles. The van der Waals surface area contributed by atoms with Crippen LogP contribution in [0.2, 0.25) is 0 Å². The van der Waals surface area contributed by atoms with Crippen molar-refractivity contribution in [2.75, 3.05) is 13.1 Å². The number of carbonyl (C=O) groups excluding carboxylic acids is 2. The van der Waals surface area contributed by atoms with E-state index < -0.39 is 0 Å². The van der Waals surface area contributed by atoms with E-state index in [1.54, 1.807) is 12.3 Å². The van der Waals surface area contributed by atoms with Crippen molar-refractivity contribution >= 4 is 11.8 Å². The van der Waals surface area contributed by atoms with Gasteiger partial charge in [0.2, 0.25) is 0 Å². The summed E-state index contributed by atoms with van der Waals surface area (Å²) in [5.41, 5.74) is 3.11. The van der Waals surface area contributed by atoms with Crippen LogP contribution < -0.4 is 5.32 Å². The molecule has 5 nitrogen and oxygen atoms in total. The van der Waals surface area contributed by atoms with E-state index in [-0.39, 0.29) is 11.8 Å². The summed E-state index contributed by atoms with van der Waals surface area (Å²) in [5.74, 6) is -0.251. The molecule has 0 atom stereocenters. The zero-order chi connectivity index (χ0) is 18.4. The first-order valence-corrected chi connectivity index (χ1v) is 9.22. The molecule has 1 saturated heterocycles. The third kappa shape index (κ3) is 4.48. The Morgan fingerprint density at radius 2 is 1.73 bits per heavy atom. The van der Waals surface area contributed by atoms with E-state index in [1.807, 2.05) is 36.1 Å². The summed E-state index contributed by atoms with van der Waals surface area (Å²) in [4.78, 5) is 31.1. The molecule has 1 fully saturated rings. The summed E-state index contributed by atoms with van der Waals surface area (Å²) in [6, 6.07) is 9.59. The Hall–Kier alpha value is -2.69. The molecular weight excluding hydrogens is 326 g/mol. The fraction of sp³-hybridized carbons (Fsp3) is 0.381. The number of pyridine rings is 1. The lowest BCUT2D eigenvalue weighted by Crippen LogP contribution is -2.32. The van der Waals surface area contributed by atoms with Crippen LogP contribution in [0.3, 0.4) is 0 Å². The molecule has 1 aliphatic rings. The Kier molecular flexibility index (Phi) is 6.00. The molecule has 26 heavy (non-hydrogen) atoms. The van der Waals surface area contributed by atoms with Crippen molar-refractivity contribution < 1.29 is 9.59 Å². The van der Waals surface area contributed by atoms with Crippen LogP contribution in [-0.4, -0.2) is 34.8 Å². The van der Waals surface area contributed by atoms with Gasteiger partial charge in [0.1, 0.15) is 0 Å². The Balaban J connectivity index is 1.67. The molecule has 0 unspecified atom stereocenters. The van der Waals surface area contributed by atoms with Crippen molar-refractivity contribution in [3.05, 3.63) is 65.0 Å². The van der Waals surface area contributed by atoms with Crippen LogP contribution in [0.25, 0.3) is 0 Å². The molecule has 0 spiro atoms. The van der Waals surface area contributed by atoms with Gasteiger partial charge in [-0.3, -0.25) is 14.6 Å². The Morgan fingerprint density at radius 3 is 2.46 bits per heavy atom. The summed E-state index contributed by atoms with van der Waals surface area (Å²) in [6.45, 7) is 4.03. The van der Waals surface area contributed by atoms with E-state index in [9.17, 15) is 9.59 Å². The van der Waals surface area contributed by atoms with Gasteiger partial charge in [0.25, 0.3) is 11.8 Å². The van der Waals surface area contributed by atoms with E-state index in [2.05, 4.69) is 10.3 Å². The highest BCUT2D eigenvalue weighted by Crippen LogP contribution is 2.14. The normalized spacial score (nSPS) is 14.6. The SMILES string of the molecule is Cc1ccccc1CNC(=O)c1cncc(C(=O)N2CCCCCC2)c1. The van der Waals surface area contributed by atoms with Gasteiger partial charge < -0.3 is 10.2 Å². The number of carbonyl (C=O) groups is 2. The number of hydrogen-bond acceptors (Lipinski definition) is 3. The summed E-state index contributed by atoms with van der Waals surface area (Å²) in [7, 11) is 0. The largest absolute Gasteiger partial charge is 0.348 e. The molecule has 0 saturated carbocycles. The Labute approximate surface area is 154 Å². The molecular formula is C21H25N3O2. The maximum Gasteiger partial charge on any atom is 0.255 e. The average Bonchev–Trinajstić information content (AvgIpc) is 2.96. The summed E-state index contributed by atoms with van der Waals surface area (Å²) >= 11 is 0. The summed E-state index contributed by atoms with van der Waals surface area (Å²) in [6.07, 6.45) is 7.47. The standard InChI is InChI=1S/C21H25N3O2/c1-16-8-4-5-9-17(16)15-23-20(25)18-12-19(14-22-13-18)21(26)24-10-6-2-3-7-11-24/h4-5,8-9,12-14H,2-3,6-7,10-11,15H2,1H3,(H,23,25). The predicted molar refractivity (Wildman–Crippen MR) is 101 cm³/mol. The molecule has 3 rings (SSSR count). The molecule has 1 aromatic carbocycles. The number of likely N-dealkylation sites (tertiary alicyclic amines) is 1. The molecule has 1 aromatic heterocycles. The van der Waals surface area contributed by atoms with Crippen LogP contribution >= 0.6 is 0 Å². The van der Waals surface area contributed by atoms with Gasteiger partial charge in [0.15, 0.2) is 0 Å². The zero-order valence-corrected chi connectivity index (χ0v) is 15.2. The highest BCUT2D eigenvalue weighted by atomic mass is 16.2. The molecule has 0 bridgehead atoms.